The van der Waals surface area contributed by atoms with Crippen LogP contribution in [0.25, 0.3) is 0 Å². The van der Waals surface area contributed by atoms with Crippen LogP contribution in [0, 0.1) is 0 Å². The van der Waals surface area contributed by atoms with Crippen molar-refractivity contribution in [3.05, 3.63) is 109 Å². The molecule has 0 aromatic carbocycles. The monoisotopic (exact) mass is 1190 g/mol. The molecule has 0 aliphatic rings. The van der Waals surface area contributed by atoms with Gasteiger partial charge < -0.3 is 28.8 Å². The van der Waals surface area contributed by atoms with Crippen LogP contribution in [0.2, 0.25) is 0 Å². The lowest BCUT2D eigenvalue weighted by atomic mass is 10.0. The molecule has 0 aliphatic heterocycles. The maximum Gasteiger partial charge on any atom is 0.268 e. The van der Waals surface area contributed by atoms with Crippen LogP contribution >= 0.6 is 7.82 Å². The molecule has 0 fully saturated rings. The second kappa shape index (κ2) is 64.6. The van der Waals surface area contributed by atoms with Crippen LogP contribution in [-0.2, 0) is 18.4 Å². The SMILES string of the molecule is CC/C=C\C/C=C\C/C=C\C/C=C\C/C=C\C/C=C\C/C=C\C/C=C\C/C=C\CCCCCC(=O)NC(COP(=O)([O-])OCC[N+](C)(C)C)C(O)CCCCCCCCCCCCCCCCCCCCCCCCCCCCCCCCC. The molecule has 0 aromatic rings. The lowest BCUT2D eigenvalue weighted by Gasteiger charge is -2.30. The predicted molar refractivity (Wildman–Crippen MR) is 366 cm³/mol. The number of amides is 1. The minimum absolute atomic E-state index is 0.000130. The summed E-state index contributed by atoms with van der Waals surface area (Å²) in [5, 5.41) is 14.1. The number of aliphatic hydroxyl groups excluding tert-OH is 1. The van der Waals surface area contributed by atoms with E-state index in [9.17, 15) is 19.4 Å². The van der Waals surface area contributed by atoms with E-state index in [0.29, 0.717) is 23.9 Å². The van der Waals surface area contributed by atoms with E-state index in [0.717, 1.165) is 103 Å². The predicted octanol–water partition coefficient (Wildman–Crippen LogP) is 22.0. The molecule has 8 nitrogen and oxygen atoms in total. The summed E-state index contributed by atoms with van der Waals surface area (Å²) in [6, 6.07) is -0.829. The van der Waals surface area contributed by atoms with Crippen LogP contribution < -0.4 is 10.2 Å². The van der Waals surface area contributed by atoms with E-state index in [1.165, 1.54) is 180 Å². The average molecular weight is 1190 g/mol. The first-order valence-corrected chi connectivity index (χ1v) is 36.7. The van der Waals surface area contributed by atoms with Gasteiger partial charge in [-0.15, -0.1) is 0 Å². The zero-order valence-electron chi connectivity index (χ0n) is 55.6. The van der Waals surface area contributed by atoms with Crippen molar-refractivity contribution in [2.75, 3.05) is 40.9 Å². The van der Waals surface area contributed by atoms with Gasteiger partial charge in [-0.3, -0.25) is 9.36 Å². The highest BCUT2D eigenvalue weighted by atomic mass is 31.2. The smallest absolute Gasteiger partial charge is 0.268 e. The largest absolute Gasteiger partial charge is 0.756 e. The molecule has 486 valence electrons. The number of quaternary nitrogens is 1. The Morgan fingerprint density at radius 2 is 0.726 bits per heavy atom. The molecule has 1 amide bonds. The van der Waals surface area contributed by atoms with Crippen LogP contribution in [0.1, 0.15) is 309 Å². The van der Waals surface area contributed by atoms with Gasteiger partial charge in [-0.25, -0.2) is 0 Å². The van der Waals surface area contributed by atoms with Gasteiger partial charge in [0.25, 0.3) is 7.82 Å². The second-order valence-corrected chi connectivity index (χ2v) is 26.3. The van der Waals surface area contributed by atoms with Gasteiger partial charge in [-0.05, 0) is 83.5 Å². The molecule has 0 rings (SSSR count). The van der Waals surface area contributed by atoms with Gasteiger partial charge in [0.1, 0.15) is 13.2 Å². The molecule has 0 radical (unpaired) electrons. The number of allylic oxidation sites excluding steroid dienone is 18. The van der Waals surface area contributed by atoms with Crippen molar-refractivity contribution in [3.63, 3.8) is 0 Å². The molecule has 0 saturated carbocycles. The molecular formula is C75H135N2O6P. The van der Waals surface area contributed by atoms with Gasteiger partial charge in [0.05, 0.1) is 39.9 Å². The first kappa shape index (κ1) is 81.2. The van der Waals surface area contributed by atoms with Crippen molar-refractivity contribution in [1.29, 1.82) is 0 Å². The minimum atomic E-state index is -4.60. The quantitative estimate of drug-likeness (QED) is 0.0272. The van der Waals surface area contributed by atoms with E-state index in [1.54, 1.807) is 0 Å². The van der Waals surface area contributed by atoms with E-state index in [1.807, 2.05) is 21.1 Å². The van der Waals surface area contributed by atoms with E-state index in [4.69, 9.17) is 9.05 Å². The lowest BCUT2D eigenvalue weighted by molar-refractivity contribution is -0.870. The topological polar surface area (TPSA) is 108 Å². The van der Waals surface area contributed by atoms with Gasteiger partial charge in [0, 0.05) is 6.42 Å². The standard InChI is InChI=1S/C75H135N2O6P/c1-6-8-10-12-14-16-18-20-22-24-26-28-30-32-34-36-38-40-42-44-46-48-50-52-54-56-58-60-62-64-66-68-74(78)73(72-83-84(80,81)82-71-70-77(3,4)5)76-75(79)69-67-65-63-61-59-57-55-53-51-49-47-45-43-41-39-37-35-33-31-29-27-25-23-21-19-17-15-13-11-9-7-2/h9,11,15,17,21,23,27,29,33,35,39,41,45,47,51,53,57,59,73-74,78H,6-8,10,12-14,16,18-20,22,24-26,28,30-32,34,36-38,40,42-44,46,48-50,52,54-56,58,60-72H2,1-5H3,(H-,76,79,80,81)/b11-9-,17-15-,23-21-,29-27-,35-33-,41-39-,47-45-,53-51-,59-57-. The number of unbranched alkanes of at least 4 members (excludes halogenated alkanes) is 33. The number of carbonyl (C=O) groups is 1. The Hall–Kier alpha value is -2.84. The number of likely N-dealkylation sites (N-methyl/N-ethyl adjacent to an activating group) is 1. The van der Waals surface area contributed by atoms with Crippen LogP contribution in [0.4, 0.5) is 0 Å². The maximum atomic E-state index is 13.0. The van der Waals surface area contributed by atoms with Gasteiger partial charge in [0.15, 0.2) is 0 Å². The number of hydrogen-bond acceptors (Lipinski definition) is 6. The molecule has 0 aromatic heterocycles. The van der Waals surface area contributed by atoms with Crippen LogP contribution in [-0.4, -0.2) is 68.5 Å². The van der Waals surface area contributed by atoms with Crippen molar-refractivity contribution in [3.8, 4) is 0 Å². The van der Waals surface area contributed by atoms with E-state index in [-0.39, 0.29) is 19.1 Å². The fourth-order valence-corrected chi connectivity index (χ4v) is 10.8. The Balaban J connectivity index is 4.15. The highest BCUT2D eigenvalue weighted by Gasteiger charge is 2.24. The molecule has 3 atom stereocenters. The molecule has 3 unspecified atom stereocenters. The fourth-order valence-electron chi connectivity index (χ4n) is 10.1. The third-order valence-electron chi connectivity index (χ3n) is 15.5. The minimum Gasteiger partial charge on any atom is -0.756 e. The zero-order chi connectivity index (χ0) is 61.2. The third-order valence-corrected chi connectivity index (χ3v) is 16.5. The first-order valence-electron chi connectivity index (χ1n) is 35.2. The van der Waals surface area contributed by atoms with E-state index < -0.39 is 20.0 Å². The van der Waals surface area contributed by atoms with E-state index >= 15 is 0 Å². The molecule has 0 saturated heterocycles. The number of phosphoric ester groups is 1. The lowest BCUT2D eigenvalue weighted by Crippen LogP contribution is -2.46. The zero-order valence-corrected chi connectivity index (χ0v) is 56.5. The molecule has 0 heterocycles. The van der Waals surface area contributed by atoms with Gasteiger partial charge >= 0.3 is 0 Å². The van der Waals surface area contributed by atoms with Crippen LogP contribution in [0.5, 0.6) is 0 Å². The summed E-state index contributed by atoms with van der Waals surface area (Å²) in [7, 11) is 1.27. The summed E-state index contributed by atoms with van der Waals surface area (Å²) in [5.74, 6) is -0.197. The average Bonchev–Trinajstić information content (AvgIpc) is 3.56. The molecule has 0 aliphatic carbocycles. The molecule has 0 bridgehead atoms. The summed E-state index contributed by atoms with van der Waals surface area (Å²) in [5.41, 5.74) is 0. The van der Waals surface area contributed by atoms with Crippen LogP contribution in [0.15, 0.2) is 109 Å². The normalized spacial score (nSPS) is 14.3. The highest BCUT2D eigenvalue weighted by molar-refractivity contribution is 7.45. The van der Waals surface area contributed by atoms with Crippen molar-refractivity contribution in [1.82, 2.24) is 5.32 Å². The Bertz CT molecular complexity index is 1740. The fraction of sp³-hybridized carbons (Fsp3) is 0.747. The summed E-state index contributed by atoms with van der Waals surface area (Å²) in [6.45, 7) is 4.61. The first-order chi connectivity index (χ1) is 41.0. The second-order valence-electron chi connectivity index (χ2n) is 24.9. The summed E-state index contributed by atoms with van der Waals surface area (Å²) < 4.78 is 23.5. The Morgan fingerprint density at radius 3 is 1.05 bits per heavy atom. The van der Waals surface area contributed by atoms with Crippen molar-refractivity contribution < 1.29 is 32.9 Å². The number of rotatable bonds is 64. The van der Waals surface area contributed by atoms with Gasteiger partial charge in [-0.2, -0.15) is 0 Å². The Kier molecular flexibility index (Phi) is 62.4. The number of nitrogens with one attached hydrogen (secondary N) is 1. The van der Waals surface area contributed by atoms with E-state index in [2.05, 4.69) is 129 Å². The Morgan fingerprint density at radius 1 is 0.429 bits per heavy atom. The molecule has 84 heavy (non-hydrogen) atoms. The Labute approximate surface area is 521 Å². The van der Waals surface area contributed by atoms with Gasteiger partial charge in [0.2, 0.25) is 5.91 Å². The molecule has 0 spiro atoms. The third kappa shape index (κ3) is 66.7. The summed E-state index contributed by atoms with van der Waals surface area (Å²) in [4.78, 5) is 25.7. The summed E-state index contributed by atoms with van der Waals surface area (Å²) in [6.07, 6.45) is 94.5. The summed E-state index contributed by atoms with van der Waals surface area (Å²) >= 11 is 0. The number of hydrogen-bond donors (Lipinski definition) is 2. The van der Waals surface area contributed by atoms with Crippen molar-refractivity contribution in [2.24, 2.45) is 0 Å². The molecule has 9 heteroatoms. The maximum absolute atomic E-state index is 13.0. The number of nitrogens with zero attached hydrogens (tertiary/aromatic N) is 1. The van der Waals surface area contributed by atoms with Gasteiger partial charge in [-0.1, -0.05) is 329 Å². The molecule has 2 N–H and O–H groups in total. The number of aliphatic hydroxyl groups is 1. The number of phosphoric acid groups is 1. The van der Waals surface area contributed by atoms with Crippen LogP contribution in [0.3, 0.4) is 0 Å². The molecular weight excluding hydrogens is 1060 g/mol. The highest BCUT2D eigenvalue weighted by Crippen LogP contribution is 2.38. The number of carbonyl (C=O) groups excluding carboxylic acids is 1. The van der Waals surface area contributed by atoms with Crippen molar-refractivity contribution in [2.45, 2.75) is 321 Å². The van der Waals surface area contributed by atoms with Crippen molar-refractivity contribution >= 4 is 13.7 Å².